The van der Waals surface area contributed by atoms with Crippen molar-refractivity contribution in [3.8, 4) is 0 Å². The molecule has 2 aromatic rings. The average Bonchev–Trinajstić information content (AvgIpc) is 2.77. The van der Waals surface area contributed by atoms with E-state index in [0.717, 1.165) is 49.9 Å². The van der Waals surface area contributed by atoms with Crippen LogP contribution in [0, 0.1) is 6.92 Å². The van der Waals surface area contributed by atoms with Gasteiger partial charge in [0.2, 0.25) is 5.95 Å². The monoisotopic (exact) mass is 291 g/mol. The van der Waals surface area contributed by atoms with Gasteiger partial charge in [-0.2, -0.15) is 4.98 Å². The first-order valence-electron chi connectivity index (χ1n) is 7.88. The molecule has 2 N–H and O–H groups in total. The average molecular weight is 291 g/mol. The molecule has 2 aromatic heterocycles. The predicted molar refractivity (Wildman–Crippen MR) is 85.8 cm³/mol. The summed E-state index contributed by atoms with van der Waals surface area (Å²) in [4.78, 5) is 23.9. The van der Waals surface area contributed by atoms with Crippen LogP contribution in [0.2, 0.25) is 0 Å². The van der Waals surface area contributed by atoms with Gasteiger partial charge in [0.1, 0.15) is 5.52 Å². The van der Waals surface area contributed by atoms with Crippen LogP contribution in [0.5, 0.6) is 0 Å². The zero-order valence-corrected chi connectivity index (χ0v) is 13.2. The zero-order chi connectivity index (χ0) is 15.2. The van der Waals surface area contributed by atoms with Crippen LogP contribution >= 0.6 is 0 Å². The highest BCUT2D eigenvalue weighted by Gasteiger charge is 2.12. The maximum Gasteiger partial charge on any atom is 0.327 e. The molecule has 2 rings (SSSR count). The molecule has 0 unspecified atom stereocenters. The molecule has 0 saturated heterocycles. The summed E-state index contributed by atoms with van der Waals surface area (Å²) in [7, 11) is 0. The van der Waals surface area contributed by atoms with Gasteiger partial charge in [-0.05, 0) is 19.8 Å². The molecule has 0 aromatic carbocycles. The quantitative estimate of drug-likeness (QED) is 0.733. The van der Waals surface area contributed by atoms with E-state index in [1.807, 2.05) is 6.92 Å². The highest BCUT2D eigenvalue weighted by molar-refractivity contribution is 5.74. The molecule has 0 bridgehead atoms. The van der Waals surface area contributed by atoms with Gasteiger partial charge in [-0.15, -0.1) is 0 Å². The first kappa shape index (κ1) is 15.5. The van der Waals surface area contributed by atoms with E-state index < -0.39 is 0 Å². The van der Waals surface area contributed by atoms with Crippen LogP contribution in [0.25, 0.3) is 11.2 Å². The lowest BCUT2D eigenvalue weighted by atomic mass is 10.2. The van der Waals surface area contributed by atoms with Crippen molar-refractivity contribution in [2.45, 2.75) is 59.4 Å². The number of imidazole rings is 1. The van der Waals surface area contributed by atoms with Crippen molar-refractivity contribution < 1.29 is 0 Å². The number of nitrogens with one attached hydrogen (secondary N) is 2. The largest absolute Gasteiger partial charge is 0.354 e. The Hall–Kier alpha value is -1.85. The Morgan fingerprint density at radius 3 is 2.62 bits per heavy atom. The Kier molecular flexibility index (Phi) is 5.36. The van der Waals surface area contributed by atoms with E-state index in [0.29, 0.717) is 18.1 Å². The minimum Gasteiger partial charge on any atom is -0.354 e. The van der Waals surface area contributed by atoms with Gasteiger partial charge >= 0.3 is 5.69 Å². The molecule has 0 atom stereocenters. The molecule has 0 amide bonds. The third kappa shape index (κ3) is 3.62. The van der Waals surface area contributed by atoms with Gasteiger partial charge in [-0.25, -0.2) is 9.78 Å². The molecular formula is C15H25N5O. The van der Waals surface area contributed by atoms with Crippen LogP contribution < -0.4 is 11.0 Å². The van der Waals surface area contributed by atoms with E-state index in [1.54, 1.807) is 4.57 Å². The molecule has 0 aliphatic heterocycles. The van der Waals surface area contributed by atoms with Crippen molar-refractivity contribution in [2.75, 3.05) is 11.9 Å². The molecule has 0 aliphatic carbocycles. The molecule has 116 valence electrons. The van der Waals surface area contributed by atoms with Crippen LogP contribution in [-0.4, -0.2) is 26.1 Å². The molecule has 0 aliphatic rings. The highest BCUT2D eigenvalue weighted by atomic mass is 16.1. The summed E-state index contributed by atoms with van der Waals surface area (Å²) in [5.41, 5.74) is 2.18. The lowest BCUT2D eigenvalue weighted by molar-refractivity contribution is 0.597. The van der Waals surface area contributed by atoms with E-state index in [4.69, 9.17) is 0 Å². The Balaban J connectivity index is 2.30. The topological polar surface area (TPSA) is 75.6 Å². The number of nitrogens with zero attached hydrogens (tertiary/aromatic N) is 3. The standard InChI is InChI=1S/C15H25N5O/c1-4-6-8-10-20-13-12(18-15(20)21)11(3)17-14(19-13)16-9-7-5-2/h4-10H2,1-3H3,(H,18,21)(H,16,17,19). The molecule has 2 heterocycles. The summed E-state index contributed by atoms with van der Waals surface area (Å²) < 4.78 is 1.73. The van der Waals surface area contributed by atoms with Crippen molar-refractivity contribution in [3.05, 3.63) is 16.2 Å². The summed E-state index contributed by atoms with van der Waals surface area (Å²) in [5, 5.41) is 3.23. The smallest absolute Gasteiger partial charge is 0.327 e. The Morgan fingerprint density at radius 1 is 1.14 bits per heavy atom. The van der Waals surface area contributed by atoms with E-state index >= 15 is 0 Å². The van der Waals surface area contributed by atoms with Gasteiger partial charge in [0.15, 0.2) is 5.65 Å². The minimum absolute atomic E-state index is 0.0933. The van der Waals surface area contributed by atoms with Crippen molar-refractivity contribution in [1.29, 1.82) is 0 Å². The van der Waals surface area contributed by atoms with Crippen LogP contribution in [0.4, 0.5) is 5.95 Å². The molecule has 6 nitrogen and oxygen atoms in total. The maximum absolute atomic E-state index is 12.1. The summed E-state index contributed by atoms with van der Waals surface area (Å²) >= 11 is 0. The van der Waals surface area contributed by atoms with E-state index in [9.17, 15) is 4.79 Å². The molecule has 0 saturated carbocycles. The number of unbranched alkanes of at least 4 members (excludes halogenated alkanes) is 3. The Bertz CT molecular complexity index is 643. The van der Waals surface area contributed by atoms with Crippen molar-refractivity contribution >= 4 is 17.1 Å². The molecule has 21 heavy (non-hydrogen) atoms. The Morgan fingerprint density at radius 2 is 1.90 bits per heavy atom. The number of H-pyrrole nitrogens is 1. The summed E-state index contributed by atoms with van der Waals surface area (Å²) in [6.45, 7) is 7.76. The van der Waals surface area contributed by atoms with Crippen molar-refractivity contribution in [3.63, 3.8) is 0 Å². The third-order valence-corrected chi connectivity index (χ3v) is 3.60. The number of rotatable bonds is 8. The van der Waals surface area contributed by atoms with E-state index in [2.05, 4.69) is 34.1 Å². The number of aryl methyl sites for hydroxylation is 2. The normalized spacial score (nSPS) is 11.2. The number of aromatic nitrogens is 4. The maximum atomic E-state index is 12.1. The van der Waals surface area contributed by atoms with Crippen LogP contribution in [0.3, 0.4) is 0 Å². The lowest BCUT2D eigenvalue weighted by Gasteiger charge is -2.07. The second kappa shape index (κ2) is 7.24. The predicted octanol–water partition coefficient (Wildman–Crippen LogP) is 2.83. The minimum atomic E-state index is -0.0933. The SMILES string of the molecule is CCCCCn1c(=O)[nH]c2c(C)nc(NCCCC)nc21. The highest BCUT2D eigenvalue weighted by Crippen LogP contribution is 2.14. The molecule has 0 radical (unpaired) electrons. The molecule has 0 spiro atoms. The van der Waals surface area contributed by atoms with Crippen LogP contribution in [0.1, 0.15) is 51.6 Å². The number of fused-ring (bicyclic) bond motifs is 1. The van der Waals surface area contributed by atoms with E-state index in [1.165, 1.54) is 0 Å². The van der Waals surface area contributed by atoms with Crippen LogP contribution in [-0.2, 0) is 6.54 Å². The summed E-state index contributed by atoms with van der Waals surface area (Å²) in [6, 6.07) is 0. The fraction of sp³-hybridized carbons (Fsp3) is 0.667. The van der Waals surface area contributed by atoms with Gasteiger partial charge in [0.25, 0.3) is 0 Å². The Labute approximate surface area is 125 Å². The van der Waals surface area contributed by atoms with Gasteiger partial charge in [0, 0.05) is 13.1 Å². The third-order valence-electron chi connectivity index (χ3n) is 3.60. The number of hydrogen-bond donors (Lipinski definition) is 2. The summed E-state index contributed by atoms with van der Waals surface area (Å²) in [5.74, 6) is 0.608. The fourth-order valence-electron chi connectivity index (χ4n) is 2.35. The number of anilines is 1. The van der Waals surface area contributed by atoms with Gasteiger partial charge < -0.3 is 10.3 Å². The van der Waals surface area contributed by atoms with E-state index in [-0.39, 0.29) is 5.69 Å². The second-order valence-electron chi connectivity index (χ2n) is 5.40. The molecule has 0 fully saturated rings. The first-order chi connectivity index (χ1) is 10.2. The van der Waals surface area contributed by atoms with Gasteiger partial charge in [0.05, 0.1) is 5.69 Å². The molecule has 6 heteroatoms. The van der Waals surface area contributed by atoms with Crippen molar-refractivity contribution in [2.24, 2.45) is 0 Å². The lowest BCUT2D eigenvalue weighted by Crippen LogP contribution is -2.17. The summed E-state index contributed by atoms with van der Waals surface area (Å²) in [6.07, 6.45) is 5.45. The molecular weight excluding hydrogens is 266 g/mol. The van der Waals surface area contributed by atoms with Gasteiger partial charge in [-0.3, -0.25) is 4.57 Å². The second-order valence-corrected chi connectivity index (χ2v) is 5.40. The number of aromatic amines is 1. The zero-order valence-electron chi connectivity index (χ0n) is 13.2. The number of hydrogen-bond acceptors (Lipinski definition) is 4. The van der Waals surface area contributed by atoms with Crippen molar-refractivity contribution in [1.82, 2.24) is 19.5 Å². The fourth-order valence-corrected chi connectivity index (χ4v) is 2.35. The van der Waals surface area contributed by atoms with Gasteiger partial charge in [-0.1, -0.05) is 33.1 Å². The first-order valence-corrected chi connectivity index (χ1v) is 7.88. The van der Waals surface area contributed by atoms with Crippen LogP contribution in [0.15, 0.2) is 4.79 Å².